The Balaban J connectivity index is 1.73. The smallest absolute Gasteiger partial charge is 0.328 e. The van der Waals surface area contributed by atoms with Crippen LogP contribution < -0.4 is 16.0 Å². The standard InChI is InChI=1S/C25H34N4O7/c1-15(30)20(26-16(2)31)21(32)27-18-10-12-25(11-7-13-29(25)22(18)33)24(35)28-19(23(34)36-3)14-17-8-5-4-6-9-17/h4-6,8-9,15,18-20,30H,7,10-14H2,1-3H3,(H,26,31)(H,27,32)(H,28,35)/t15?,18-,19+,20-,25-/m1/s1. The summed E-state index contributed by atoms with van der Waals surface area (Å²) in [6, 6.07) is 6.21. The number of carbonyl (C=O) groups excluding carboxylic acids is 5. The van der Waals surface area contributed by atoms with Gasteiger partial charge >= 0.3 is 5.97 Å². The molecule has 0 aliphatic carbocycles. The molecule has 0 radical (unpaired) electrons. The highest BCUT2D eigenvalue weighted by molar-refractivity contribution is 5.98. The first-order valence-electron chi connectivity index (χ1n) is 12.1. The molecule has 196 valence electrons. The van der Waals surface area contributed by atoms with Gasteiger partial charge in [0.1, 0.15) is 23.7 Å². The number of nitrogens with zero attached hydrogens (tertiary/aromatic N) is 1. The van der Waals surface area contributed by atoms with E-state index in [1.165, 1.54) is 25.9 Å². The van der Waals surface area contributed by atoms with Crippen molar-refractivity contribution in [3.8, 4) is 0 Å². The quantitative estimate of drug-likeness (QED) is 0.329. The number of rotatable bonds is 9. The fourth-order valence-electron chi connectivity index (χ4n) is 5.00. The van der Waals surface area contributed by atoms with Crippen molar-refractivity contribution in [1.29, 1.82) is 0 Å². The van der Waals surface area contributed by atoms with E-state index < -0.39 is 59.4 Å². The molecule has 2 heterocycles. The first-order chi connectivity index (χ1) is 17.1. The van der Waals surface area contributed by atoms with E-state index in [2.05, 4.69) is 16.0 Å². The zero-order valence-electron chi connectivity index (χ0n) is 20.8. The summed E-state index contributed by atoms with van der Waals surface area (Å²) in [4.78, 5) is 64.9. The third-order valence-corrected chi connectivity index (χ3v) is 6.84. The molecule has 5 atom stereocenters. The van der Waals surface area contributed by atoms with Gasteiger partial charge < -0.3 is 30.7 Å². The highest BCUT2D eigenvalue weighted by Gasteiger charge is 2.54. The number of ether oxygens (including phenoxy) is 1. The summed E-state index contributed by atoms with van der Waals surface area (Å²) in [7, 11) is 1.26. The molecule has 1 aromatic rings. The molecular formula is C25H34N4O7. The van der Waals surface area contributed by atoms with Crippen molar-refractivity contribution in [2.75, 3.05) is 13.7 Å². The van der Waals surface area contributed by atoms with Crippen molar-refractivity contribution >= 4 is 29.6 Å². The molecule has 2 aliphatic heterocycles. The fraction of sp³-hybridized carbons (Fsp3) is 0.560. The number of hydrogen-bond acceptors (Lipinski definition) is 7. The number of carbonyl (C=O) groups is 5. The van der Waals surface area contributed by atoms with Crippen LogP contribution in [0, 0.1) is 0 Å². The number of esters is 1. The van der Waals surface area contributed by atoms with E-state index >= 15 is 0 Å². The topological polar surface area (TPSA) is 154 Å². The molecule has 2 aliphatic rings. The highest BCUT2D eigenvalue weighted by Crippen LogP contribution is 2.39. The normalized spacial score (nSPS) is 23.6. The number of amides is 4. The summed E-state index contributed by atoms with van der Waals surface area (Å²) < 4.78 is 4.90. The Morgan fingerprint density at radius 1 is 1.17 bits per heavy atom. The monoisotopic (exact) mass is 502 g/mol. The Morgan fingerprint density at radius 3 is 2.47 bits per heavy atom. The van der Waals surface area contributed by atoms with Crippen molar-refractivity contribution in [2.45, 2.75) is 75.7 Å². The molecule has 0 bridgehead atoms. The number of piperidine rings is 1. The van der Waals surface area contributed by atoms with E-state index in [0.29, 0.717) is 19.4 Å². The Morgan fingerprint density at radius 2 is 1.86 bits per heavy atom. The van der Waals surface area contributed by atoms with Gasteiger partial charge in [-0.05, 0) is 38.2 Å². The largest absolute Gasteiger partial charge is 0.467 e. The Labute approximate surface area is 209 Å². The van der Waals surface area contributed by atoms with Crippen LogP contribution in [0.5, 0.6) is 0 Å². The summed E-state index contributed by atoms with van der Waals surface area (Å²) in [6.45, 7) is 2.93. The van der Waals surface area contributed by atoms with Crippen LogP contribution in [0.15, 0.2) is 30.3 Å². The van der Waals surface area contributed by atoms with Crippen LogP contribution in [0.3, 0.4) is 0 Å². The predicted molar refractivity (Wildman–Crippen MR) is 128 cm³/mol. The molecule has 2 saturated heterocycles. The van der Waals surface area contributed by atoms with Crippen LogP contribution in [-0.4, -0.2) is 83.0 Å². The first kappa shape index (κ1) is 27.1. The van der Waals surface area contributed by atoms with Gasteiger partial charge in [-0.25, -0.2) is 4.79 Å². The van der Waals surface area contributed by atoms with Crippen LogP contribution in [0.2, 0.25) is 0 Å². The predicted octanol–water partition coefficient (Wildman–Crippen LogP) is -0.588. The Kier molecular flexibility index (Phi) is 8.67. The minimum atomic E-state index is -1.21. The van der Waals surface area contributed by atoms with E-state index in [1.54, 1.807) is 0 Å². The number of aliphatic hydroxyl groups is 1. The van der Waals surface area contributed by atoms with Crippen LogP contribution >= 0.6 is 0 Å². The molecular weight excluding hydrogens is 468 g/mol. The lowest BCUT2D eigenvalue weighted by molar-refractivity contribution is -0.154. The molecule has 11 nitrogen and oxygen atoms in total. The van der Waals surface area contributed by atoms with E-state index in [-0.39, 0.29) is 19.3 Å². The third-order valence-electron chi connectivity index (χ3n) is 6.84. The SMILES string of the molecule is COC(=O)[C@H](Cc1ccccc1)NC(=O)[C@]12CCCN1C(=O)[C@H](NC(=O)[C@H](NC(C)=O)C(C)O)CC2. The number of hydrogen-bond donors (Lipinski definition) is 4. The van der Waals surface area contributed by atoms with Gasteiger partial charge in [-0.1, -0.05) is 30.3 Å². The lowest BCUT2D eigenvalue weighted by Crippen LogP contribution is -2.67. The van der Waals surface area contributed by atoms with Gasteiger partial charge in [0.2, 0.25) is 23.6 Å². The van der Waals surface area contributed by atoms with Crippen molar-refractivity contribution in [1.82, 2.24) is 20.9 Å². The Bertz CT molecular complexity index is 999. The van der Waals surface area contributed by atoms with Gasteiger partial charge in [-0.15, -0.1) is 0 Å². The van der Waals surface area contributed by atoms with Crippen LogP contribution in [0.25, 0.3) is 0 Å². The second-order valence-electron chi connectivity index (χ2n) is 9.38. The molecule has 4 amide bonds. The van der Waals surface area contributed by atoms with Crippen molar-refractivity contribution in [2.24, 2.45) is 0 Å². The zero-order chi connectivity index (χ0) is 26.5. The average molecular weight is 503 g/mol. The van der Waals surface area contributed by atoms with Gasteiger partial charge in [0.15, 0.2) is 0 Å². The molecule has 0 aromatic heterocycles. The lowest BCUT2D eigenvalue weighted by Gasteiger charge is -2.44. The summed E-state index contributed by atoms with van der Waals surface area (Å²) in [5, 5.41) is 17.7. The molecule has 3 rings (SSSR count). The van der Waals surface area contributed by atoms with Gasteiger partial charge in [0, 0.05) is 19.9 Å². The number of benzene rings is 1. The summed E-state index contributed by atoms with van der Waals surface area (Å²) in [5.41, 5.74) is -0.272. The molecule has 2 fully saturated rings. The Hall–Kier alpha value is -3.47. The molecule has 0 saturated carbocycles. The minimum absolute atomic E-state index is 0.197. The molecule has 11 heteroatoms. The van der Waals surface area contributed by atoms with Crippen molar-refractivity contribution < 1.29 is 33.8 Å². The molecule has 36 heavy (non-hydrogen) atoms. The second kappa shape index (κ2) is 11.5. The maximum Gasteiger partial charge on any atom is 0.328 e. The summed E-state index contributed by atoms with van der Waals surface area (Å²) >= 11 is 0. The van der Waals surface area contributed by atoms with Crippen LogP contribution in [0.4, 0.5) is 0 Å². The van der Waals surface area contributed by atoms with Gasteiger partial charge in [-0.2, -0.15) is 0 Å². The van der Waals surface area contributed by atoms with Crippen molar-refractivity contribution in [3.05, 3.63) is 35.9 Å². The fourth-order valence-corrected chi connectivity index (χ4v) is 5.00. The number of nitrogens with one attached hydrogen (secondary N) is 3. The third kappa shape index (κ3) is 5.84. The summed E-state index contributed by atoms with van der Waals surface area (Å²) in [5.74, 6) is -2.58. The highest BCUT2D eigenvalue weighted by atomic mass is 16.5. The molecule has 0 spiro atoms. The zero-order valence-corrected chi connectivity index (χ0v) is 20.8. The minimum Gasteiger partial charge on any atom is -0.467 e. The van der Waals surface area contributed by atoms with E-state index in [1.807, 2.05) is 30.3 Å². The number of aliphatic hydroxyl groups excluding tert-OH is 1. The summed E-state index contributed by atoms with van der Waals surface area (Å²) in [6.07, 6.45) is 0.600. The lowest BCUT2D eigenvalue weighted by atomic mass is 9.83. The maximum atomic E-state index is 13.5. The van der Waals surface area contributed by atoms with Gasteiger partial charge in [0.05, 0.1) is 13.2 Å². The van der Waals surface area contributed by atoms with Crippen LogP contribution in [-0.2, 0) is 35.1 Å². The number of methoxy groups -OCH3 is 1. The first-order valence-corrected chi connectivity index (χ1v) is 12.1. The van der Waals surface area contributed by atoms with Gasteiger partial charge in [-0.3, -0.25) is 19.2 Å². The van der Waals surface area contributed by atoms with E-state index in [9.17, 15) is 29.1 Å². The molecule has 1 unspecified atom stereocenters. The van der Waals surface area contributed by atoms with Crippen molar-refractivity contribution in [3.63, 3.8) is 0 Å². The van der Waals surface area contributed by atoms with Crippen LogP contribution in [0.1, 0.15) is 45.1 Å². The second-order valence-corrected chi connectivity index (χ2v) is 9.38. The van der Waals surface area contributed by atoms with Gasteiger partial charge in [0.25, 0.3) is 0 Å². The number of fused-ring (bicyclic) bond motifs is 1. The maximum absolute atomic E-state index is 13.5. The molecule has 1 aromatic carbocycles. The average Bonchev–Trinajstić information content (AvgIpc) is 3.30. The molecule has 4 N–H and O–H groups in total. The van der Waals surface area contributed by atoms with E-state index in [4.69, 9.17) is 4.74 Å². The van der Waals surface area contributed by atoms with E-state index in [0.717, 1.165) is 5.56 Å².